The zero-order valence-electron chi connectivity index (χ0n) is 10.4. The Hall–Kier alpha value is -1.30. The summed E-state index contributed by atoms with van der Waals surface area (Å²) in [6.07, 6.45) is 0.361. The van der Waals surface area contributed by atoms with Crippen LogP contribution in [0.3, 0.4) is 0 Å². The van der Waals surface area contributed by atoms with Crippen LogP contribution < -0.4 is 10.6 Å². The maximum absolute atomic E-state index is 11.5. The van der Waals surface area contributed by atoms with Gasteiger partial charge in [-0.15, -0.1) is 0 Å². The summed E-state index contributed by atoms with van der Waals surface area (Å²) in [5, 5.41) is 14.0. The smallest absolute Gasteiger partial charge is 0.315 e. The zero-order chi connectivity index (χ0) is 13.1. The third-order valence-corrected chi connectivity index (χ3v) is 3.04. The summed E-state index contributed by atoms with van der Waals surface area (Å²) >= 11 is 0. The number of hydrogen-bond donors (Lipinski definition) is 3. The Morgan fingerprint density at radius 1 is 1.53 bits per heavy atom. The van der Waals surface area contributed by atoms with Crippen molar-refractivity contribution in [3.63, 3.8) is 0 Å². The summed E-state index contributed by atoms with van der Waals surface area (Å²) in [5.74, 6) is -0.942. The molecule has 1 rings (SSSR count). The number of carboxylic acid groups (broad SMARTS) is 1. The first-order chi connectivity index (χ1) is 7.85. The number of nitrogens with one attached hydrogen (secondary N) is 2. The molecule has 98 valence electrons. The summed E-state index contributed by atoms with van der Waals surface area (Å²) in [6.45, 7) is 4.36. The Morgan fingerprint density at radius 3 is 2.53 bits per heavy atom. The van der Waals surface area contributed by atoms with E-state index in [0.29, 0.717) is 0 Å². The monoisotopic (exact) mass is 244 g/mol. The molecule has 17 heavy (non-hydrogen) atoms. The molecule has 0 bridgehead atoms. The molecule has 2 atom stereocenters. The first-order valence-electron chi connectivity index (χ1n) is 5.64. The second-order valence-electron chi connectivity index (χ2n) is 5.06. The summed E-state index contributed by atoms with van der Waals surface area (Å²) < 4.78 is 4.95. The lowest BCUT2D eigenvalue weighted by Gasteiger charge is -2.14. The average molecular weight is 244 g/mol. The van der Waals surface area contributed by atoms with Gasteiger partial charge in [-0.1, -0.05) is 13.8 Å². The Morgan fingerprint density at radius 2 is 2.12 bits per heavy atom. The zero-order valence-corrected chi connectivity index (χ0v) is 10.4. The Bertz CT molecular complexity index is 304. The van der Waals surface area contributed by atoms with Crippen LogP contribution in [0.4, 0.5) is 4.79 Å². The first kappa shape index (κ1) is 13.8. The summed E-state index contributed by atoms with van der Waals surface area (Å²) in [7, 11) is 1.43. The van der Waals surface area contributed by atoms with Gasteiger partial charge in [0.25, 0.3) is 0 Å². The quantitative estimate of drug-likeness (QED) is 0.637. The van der Waals surface area contributed by atoms with Gasteiger partial charge in [0.2, 0.25) is 0 Å². The van der Waals surface area contributed by atoms with E-state index in [9.17, 15) is 9.59 Å². The third kappa shape index (κ3) is 4.60. The molecule has 3 N–H and O–H groups in total. The van der Waals surface area contributed by atoms with E-state index in [1.807, 2.05) is 0 Å². The molecule has 0 aliphatic heterocycles. The van der Waals surface area contributed by atoms with Gasteiger partial charge >= 0.3 is 12.0 Å². The molecule has 0 radical (unpaired) electrons. The van der Waals surface area contributed by atoms with Gasteiger partial charge in [0.15, 0.2) is 0 Å². The van der Waals surface area contributed by atoms with E-state index in [2.05, 4.69) is 24.5 Å². The lowest BCUT2D eigenvalue weighted by atomic mass is 10.2. The van der Waals surface area contributed by atoms with E-state index in [-0.39, 0.29) is 30.5 Å². The number of rotatable bonds is 6. The highest BCUT2D eigenvalue weighted by atomic mass is 16.5. The number of urea groups is 1. The lowest BCUT2D eigenvalue weighted by Crippen LogP contribution is -2.42. The minimum atomic E-state index is -0.942. The van der Waals surface area contributed by atoms with Gasteiger partial charge in [0, 0.05) is 19.7 Å². The number of methoxy groups -OCH3 is 1. The van der Waals surface area contributed by atoms with Gasteiger partial charge in [-0.05, 0) is 11.8 Å². The van der Waals surface area contributed by atoms with Gasteiger partial charge in [-0.3, -0.25) is 4.79 Å². The molecular weight excluding hydrogens is 224 g/mol. The standard InChI is InChI=1S/C11H20N2O4/c1-11(2)5-8(11)13-10(16)12-6-7(17-3)4-9(14)15/h7-8H,4-6H2,1-3H3,(H,14,15)(H2,12,13,16). The van der Waals surface area contributed by atoms with Crippen LogP contribution in [-0.2, 0) is 9.53 Å². The van der Waals surface area contributed by atoms with E-state index < -0.39 is 12.1 Å². The first-order valence-corrected chi connectivity index (χ1v) is 5.64. The predicted octanol–water partition coefficient (Wildman–Crippen LogP) is 0.574. The highest BCUT2D eigenvalue weighted by Crippen LogP contribution is 2.44. The van der Waals surface area contributed by atoms with Gasteiger partial charge in [-0.25, -0.2) is 4.79 Å². The maximum Gasteiger partial charge on any atom is 0.315 e. The molecule has 0 heterocycles. The van der Waals surface area contributed by atoms with Crippen LogP contribution in [-0.4, -0.2) is 42.9 Å². The lowest BCUT2D eigenvalue weighted by molar-refractivity contribution is -0.139. The Kier molecular flexibility index (Phi) is 4.34. The van der Waals surface area contributed by atoms with Crippen LogP contribution in [0.5, 0.6) is 0 Å². The van der Waals surface area contributed by atoms with Crippen molar-refractivity contribution in [1.29, 1.82) is 0 Å². The Labute approximate surface area is 101 Å². The fourth-order valence-electron chi connectivity index (χ4n) is 1.56. The predicted molar refractivity (Wildman–Crippen MR) is 61.8 cm³/mol. The molecule has 6 nitrogen and oxygen atoms in total. The maximum atomic E-state index is 11.5. The second-order valence-corrected chi connectivity index (χ2v) is 5.06. The number of amides is 2. The van der Waals surface area contributed by atoms with Crippen LogP contribution in [0.1, 0.15) is 26.7 Å². The van der Waals surface area contributed by atoms with E-state index >= 15 is 0 Å². The average Bonchev–Trinajstić information content (AvgIpc) is 2.80. The van der Waals surface area contributed by atoms with Crippen molar-refractivity contribution in [2.75, 3.05) is 13.7 Å². The van der Waals surface area contributed by atoms with Crippen molar-refractivity contribution >= 4 is 12.0 Å². The minimum absolute atomic E-state index is 0.119. The van der Waals surface area contributed by atoms with E-state index in [4.69, 9.17) is 9.84 Å². The molecule has 1 fully saturated rings. The number of ether oxygens (including phenoxy) is 1. The number of carboxylic acids is 1. The normalized spacial score (nSPS) is 22.6. The van der Waals surface area contributed by atoms with Crippen molar-refractivity contribution in [3.8, 4) is 0 Å². The Balaban J connectivity index is 2.20. The van der Waals surface area contributed by atoms with Gasteiger partial charge in [0.05, 0.1) is 12.5 Å². The topological polar surface area (TPSA) is 87.7 Å². The largest absolute Gasteiger partial charge is 0.481 e. The molecule has 0 aromatic rings. The van der Waals surface area contributed by atoms with E-state index in [1.165, 1.54) is 7.11 Å². The van der Waals surface area contributed by atoms with Crippen molar-refractivity contribution in [2.24, 2.45) is 5.41 Å². The summed E-state index contributed by atoms with van der Waals surface area (Å²) in [5.41, 5.74) is 0.180. The van der Waals surface area contributed by atoms with Crippen LogP contribution in [0.2, 0.25) is 0 Å². The molecule has 6 heteroatoms. The van der Waals surface area contributed by atoms with Crippen LogP contribution in [0.15, 0.2) is 0 Å². The highest BCUT2D eigenvalue weighted by Gasteiger charge is 2.46. The fraction of sp³-hybridized carbons (Fsp3) is 0.818. The third-order valence-electron chi connectivity index (χ3n) is 3.04. The number of aliphatic carboxylic acids is 1. The molecule has 0 aromatic heterocycles. The number of carbonyl (C=O) groups is 2. The summed E-state index contributed by atoms with van der Waals surface area (Å²) in [6, 6.07) is -0.0593. The molecular formula is C11H20N2O4. The van der Waals surface area contributed by atoms with Crippen LogP contribution in [0.25, 0.3) is 0 Å². The van der Waals surface area contributed by atoms with Crippen molar-refractivity contribution in [1.82, 2.24) is 10.6 Å². The fourth-order valence-corrected chi connectivity index (χ4v) is 1.56. The molecule has 1 saturated carbocycles. The molecule has 0 saturated heterocycles. The van der Waals surface area contributed by atoms with Crippen molar-refractivity contribution < 1.29 is 19.4 Å². The summed E-state index contributed by atoms with van der Waals surface area (Å²) in [4.78, 5) is 21.9. The second kappa shape index (κ2) is 5.35. The number of carbonyl (C=O) groups excluding carboxylic acids is 1. The van der Waals surface area contributed by atoms with Crippen LogP contribution >= 0.6 is 0 Å². The SMILES string of the molecule is COC(CNC(=O)NC1CC1(C)C)CC(=O)O. The molecule has 1 aliphatic rings. The van der Waals surface area contributed by atoms with Gasteiger partial charge in [-0.2, -0.15) is 0 Å². The minimum Gasteiger partial charge on any atom is -0.481 e. The van der Waals surface area contributed by atoms with E-state index in [1.54, 1.807) is 0 Å². The van der Waals surface area contributed by atoms with E-state index in [0.717, 1.165) is 6.42 Å². The van der Waals surface area contributed by atoms with Crippen molar-refractivity contribution in [2.45, 2.75) is 38.8 Å². The molecule has 1 aliphatic carbocycles. The molecule has 2 amide bonds. The van der Waals surface area contributed by atoms with Crippen molar-refractivity contribution in [3.05, 3.63) is 0 Å². The van der Waals surface area contributed by atoms with Gasteiger partial charge < -0.3 is 20.5 Å². The molecule has 2 unspecified atom stereocenters. The van der Waals surface area contributed by atoms with Crippen LogP contribution in [0, 0.1) is 5.41 Å². The van der Waals surface area contributed by atoms with Gasteiger partial charge in [0.1, 0.15) is 0 Å². The number of hydrogen-bond acceptors (Lipinski definition) is 3. The molecule has 0 spiro atoms. The molecule has 0 aromatic carbocycles. The highest BCUT2D eigenvalue weighted by molar-refractivity contribution is 5.75.